The minimum Gasteiger partial charge on any atom is -0.393 e. The Kier molecular flexibility index (Phi) is 5.83. The number of alkyl halides is 3. The maximum atomic E-state index is 13.4. The van der Waals surface area contributed by atoms with Crippen molar-refractivity contribution in [2.45, 2.75) is 19.1 Å². The van der Waals surface area contributed by atoms with Gasteiger partial charge in [0.1, 0.15) is 17.2 Å². The van der Waals surface area contributed by atoms with E-state index in [1.165, 1.54) is 13.1 Å². The molecule has 1 atom stereocenters. The minimum absolute atomic E-state index is 0.000801. The summed E-state index contributed by atoms with van der Waals surface area (Å²) in [4.78, 5) is 18.4. The first-order valence-corrected chi connectivity index (χ1v) is 9.99. The first-order chi connectivity index (χ1) is 15.3. The third-order valence-corrected chi connectivity index (χ3v) is 5.19. The zero-order chi connectivity index (χ0) is 22.9. The fraction of sp³-hybridized carbons (Fsp3) is 0.333. The van der Waals surface area contributed by atoms with Crippen molar-refractivity contribution in [3.05, 3.63) is 42.5 Å². The number of nitrogens with zero attached hydrogens (tertiary/aromatic N) is 4. The van der Waals surface area contributed by atoms with E-state index in [-0.39, 0.29) is 23.1 Å². The number of halogens is 3. The Hall–Kier alpha value is -3.47. The quantitative estimate of drug-likeness (QED) is 0.521. The largest absolute Gasteiger partial charge is 0.433 e. The predicted octanol–water partition coefficient (Wildman–Crippen LogP) is 3.39. The number of aromatic amines is 1. The molecule has 0 spiro atoms. The summed E-state index contributed by atoms with van der Waals surface area (Å²) in [6, 6.07) is 5.00. The van der Waals surface area contributed by atoms with Crippen molar-refractivity contribution in [3.8, 4) is 11.4 Å². The van der Waals surface area contributed by atoms with E-state index >= 15 is 0 Å². The maximum absolute atomic E-state index is 13.4. The molecule has 3 aromatic heterocycles. The molecule has 0 aromatic carbocycles. The summed E-state index contributed by atoms with van der Waals surface area (Å²) in [5.41, 5.74) is -0.612. The van der Waals surface area contributed by atoms with Gasteiger partial charge in [-0.15, -0.1) is 0 Å². The van der Waals surface area contributed by atoms with Crippen LogP contribution in [0.1, 0.15) is 12.6 Å². The van der Waals surface area contributed by atoms with Crippen LogP contribution in [0.25, 0.3) is 28.0 Å². The van der Waals surface area contributed by atoms with E-state index < -0.39 is 11.9 Å². The Morgan fingerprint density at radius 3 is 2.88 bits per heavy atom. The van der Waals surface area contributed by atoms with Crippen LogP contribution in [-0.4, -0.2) is 64.7 Å². The fourth-order valence-electron chi connectivity index (χ4n) is 3.63. The summed E-state index contributed by atoms with van der Waals surface area (Å²) in [7, 11) is 1.48. The van der Waals surface area contributed by atoms with Gasteiger partial charge in [-0.1, -0.05) is 0 Å². The third-order valence-electron chi connectivity index (χ3n) is 5.19. The molecule has 1 saturated heterocycles. The van der Waals surface area contributed by atoms with Gasteiger partial charge in [0.2, 0.25) is 0 Å². The van der Waals surface area contributed by atoms with E-state index in [4.69, 9.17) is 10.1 Å². The molecular formula is C21H22F3N7O. The average molecular weight is 445 g/mol. The van der Waals surface area contributed by atoms with Crippen LogP contribution in [0.15, 0.2) is 36.8 Å². The molecule has 1 aliphatic rings. The number of nitrogens with one attached hydrogen (secondary N) is 3. The molecule has 0 amide bonds. The molecular weight excluding hydrogens is 423 g/mol. The number of anilines is 1. The van der Waals surface area contributed by atoms with Crippen molar-refractivity contribution in [3.63, 3.8) is 0 Å². The van der Waals surface area contributed by atoms with Crippen LogP contribution in [0, 0.1) is 5.41 Å². The van der Waals surface area contributed by atoms with Gasteiger partial charge in [-0.3, -0.25) is 5.41 Å². The summed E-state index contributed by atoms with van der Waals surface area (Å²) in [6.07, 6.45) is -0.386. The SMILES string of the molecule is CN/C=C(\C(=N)C(F)(F)F)c1cc(N2CCOC[C@H]2C)nc(-c2ccnc3[nH]ccc23)n1. The van der Waals surface area contributed by atoms with Gasteiger partial charge >= 0.3 is 6.18 Å². The molecule has 1 fully saturated rings. The molecule has 11 heteroatoms. The second-order valence-electron chi connectivity index (χ2n) is 7.37. The van der Waals surface area contributed by atoms with Gasteiger partial charge < -0.3 is 19.9 Å². The van der Waals surface area contributed by atoms with Gasteiger partial charge in [0.05, 0.1) is 24.9 Å². The lowest BCUT2D eigenvalue weighted by molar-refractivity contribution is -0.0578. The van der Waals surface area contributed by atoms with E-state index in [1.54, 1.807) is 18.5 Å². The van der Waals surface area contributed by atoms with Gasteiger partial charge in [0, 0.05) is 54.8 Å². The van der Waals surface area contributed by atoms with E-state index in [0.29, 0.717) is 36.8 Å². The lowest BCUT2D eigenvalue weighted by Crippen LogP contribution is -2.44. The second-order valence-corrected chi connectivity index (χ2v) is 7.37. The lowest BCUT2D eigenvalue weighted by atomic mass is 10.1. The lowest BCUT2D eigenvalue weighted by Gasteiger charge is -2.34. The number of aromatic nitrogens is 4. The molecule has 4 heterocycles. The number of hydrogen-bond donors (Lipinski definition) is 3. The molecule has 32 heavy (non-hydrogen) atoms. The second kappa shape index (κ2) is 8.58. The zero-order valence-corrected chi connectivity index (χ0v) is 17.5. The molecule has 0 saturated carbocycles. The Morgan fingerprint density at radius 1 is 1.34 bits per heavy atom. The molecule has 4 rings (SSSR count). The average Bonchev–Trinajstić information content (AvgIpc) is 3.25. The Morgan fingerprint density at radius 2 is 2.16 bits per heavy atom. The monoisotopic (exact) mass is 445 g/mol. The minimum atomic E-state index is -4.83. The number of fused-ring (bicyclic) bond motifs is 1. The highest BCUT2D eigenvalue weighted by atomic mass is 19.4. The topological polar surface area (TPSA) is 103 Å². The van der Waals surface area contributed by atoms with Crippen molar-refractivity contribution < 1.29 is 17.9 Å². The number of allylic oxidation sites excluding steroid dienone is 1. The first kappa shape index (κ1) is 21.8. The summed E-state index contributed by atoms with van der Waals surface area (Å²) < 4.78 is 45.8. The van der Waals surface area contributed by atoms with Crippen LogP contribution in [0.2, 0.25) is 0 Å². The summed E-state index contributed by atoms with van der Waals surface area (Å²) in [5.74, 6) is 0.721. The van der Waals surface area contributed by atoms with Crippen LogP contribution in [-0.2, 0) is 4.74 Å². The molecule has 1 aliphatic heterocycles. The van der Waals surface area contributed by atoms with Gasteiger partial charge in [0.25, 0.3) is 0 Å². The number of hydrogen-bond acceptors (Lipinski definition) is 7. The molecule has 3 N–H and O–H groups in total. The number of morpholine rings is 1. The predicted molar refractivity (Wildman–Crippen MR) is 116 cm³/mol. The van der Waals surface area contributed by atoms with Crippen LogP contribution in [0.4, 0.5) is 19.0 Å². The third kappa shape index (κ3) is 4.15. The standard InChI is InChI=1S/C21H22F3N7O/c1-12-11-32-8-7-31(12)17-9-16(15(10-26-2)18(25)21(22,23)24)29-20(30-17)14-4-6-28-19-13(14)3-5-27-19/h3-6,9-10,12,25-26H,7-8,11H2,1-2H3,(H,27,28)/b15-10-,25-18?/t12-/m1/s1. The van der Waals surface area contributed by atoms with Gasteiger partial charge in [-0.05, 0) is 19.1 Å². The van der Waals surface area contributed by atoms with Crippen molar-refractivity contribution in [1.82, 2.24) is 25.3 Å². The van der Waals surface area contributed by atoms with Gasteiger partial charge in [-0.25, -0.2) is 15.0 Å². The fourth-order valence-corrected chi connectivity index (χ4v) is 3.63. The molecule has 8 nitrogen and oxygen atoms in total. The highest BCUT2D eigenvalue weighted by Gasteiger charge is 2.38. The van der Waals surface area contributed by atoms with Crippen molar-refractivity contribution in [1.29, 1.82) is 5.41 Å². The Labute approximate surface area is 182 Å². The first-order valence-electron chi connectivity index (χ1n) is 9.99. The molecule has 0 aliphatic carbocycles. The van der Waals surface area contributed by atoms with Gasteiger partial charge in [-0.2, -0.15) is 13.2 Å². The van der Waals surface area contributed by atoms with Crippen LogP contribution in [0.3, 0.4) is 0 Å². The Bertz CT molecular complexity index is 1170. The van der Waals surface area contributed by atoms with Crippen molar-refractivity contribution >= 4 is 28.1 Å². The molecule has 0 radical (unpaired) electrons. The number of rotatable bonds is 5. The van der Waals surface area contributed by atoms with E-state index in [0.717, 1.165) is 11.6 Å². The molecule has 0 unspecified atom stereocenters. The molecule has 3 aromatic rings. The van der Waals surface area contributed by atoms with Crippen LogP contribution in [0.5, 0.6) is 0 Å². The number of H-pyrrole nitrogens is 1. The summed E-state index contributed by atoms with van der Waals surface area (Å²) >= 11 is 0. The summed E-state index contributed by atoms with van der Waals surface area (Å²) in [5, 5.41) is 11.1. The molecule has 0 bridgehead atoms. The van der Waals surface area contributed by atoms with E-state index in [2.05, 4.69) is 25.3 Å². The normalized spacial score (nSPS) is 17.6. The highest BCUT2D eigenvalue weighted by Crippen LogP contribution is 2.32. The van der Waals surface area contributed by atoms with Crippen LogP contribution < -0.4 is 10.2 Å². The molecule has 168 valence electrons. The summed E-state index contributed by atoms with van der Waals surface area (Å²) in [6.45, 7) is 3.45. The Balaban J connectivity index is 1.92. The number of ether oxygens (including phenoxy) is 1. The van der Waals surface area contributed by atoms with Crippen molar-refractivity contribution in [2.75, 3.05) is 31.7 Å². The van der Waals surface area contributed by atoms with Crippen LogP contribution >= 0.6 is 0 Å². The highest BCUT2D eigenvalue weighted by molar-refractivity contribution is 6.24. The zero-order valence-electron chi connectivity index (χ0n) is 17.5. The van der Waals surface area contributed by atoms with E-state index in [9.17, 15) is 13.2 Å². The smallest absolute Gasteiger partial charge is 0.393 e. The van der Waals surface area contributed by atoms with Crippen molar-refractivity contribution in [2.24, 2.45) is 0 Å². The number of pyridine rings is 1. The van der Waals surface area contributed by atoms with Gasteiger partial charge in [0.15, 0.2) is 5.82 Å². The maximum Gasteiger partial charge on any atom is 0.433 e. The van der Waals surface area contributed by atoms with E-state index in [1.807, 2.05) is 17.9 Å².